The molecule has 2 aromatic rings. The van der Waals surface area contributed by atoms with Crippen LogP contribution in [-0.4, -0.2) is 91.8 Å². The highest BCUT2D eigenvalue weighted by molar-refractivity contribution is 5.86. The number of esters is 2. The van der Waals surface area contributed by atoms with E-state index in [1.54, 1.807) is 30.7 Å². The van der Waals surface area contributed by atoms with Crippen molar-refractivity contribution in [3.8, 4) is 5.75 Å². The monoisotopic (exact) mass is 780 g/mol. The van der Waals surface area contributed by atoms with Crippen molar-refractivity contribution in [2.45, 2.75) is 115 Å². The predicted molar refractivity (Wildman–Crippen MR) is 192 cm³/mol. The third-order valence-electron chi connectivity index (χ3n) is 8.71. The highest BCUT2D eigenvalue weighted by atomic mass is 19.4. The molecule has 17 heteroatoms. The van der Waals surface area contributed by atoms with E-state index in [0.29, 0.717) is 25.0 Å². The number of rotatable bonds is 21. The fraction of sp³-hybridized carbons (Fsp3) is 0.553. The van der Waals surface area contributed by atoms with Crippen LogP contribution >= 0.6 is 0 Å². The van der Waals surface area contributed by atoms with E-state index < -0.39 is 71.8 Å². The summed E-state index contributed by atoms with van der Waals surface area (Å²) in [6.07, 6.45) is 3.77. The maximum absolute atomic E-state index is 13.1. The Morgan fingerprint density at radius 2 is 1.87 bits per heavy atom. The summed E-state index contributed by atoms with van der Waals surface area (Å²) in [6, 6.07) is 2.13. The van der Waals surface area contributed by atoms with E-state index in [1.165, 1.54) is 31.5 Å². The minimum Gasteiger partial charge on any atom is -0.491 e. The van der Waals surface area contributed by atoms with Gasteiger partial charge in [-0.05, 0) is 58.2 Å². The lowest BCUT2D eigenvalue weighted by Gasteiger charge is -2.23. The molecule has 304 valence electrons. The number of benzene rings is 1. The lowest BCUT2D eigenvalue weighted by Crippen LogP contribution is -2.48. The number of imidazole rings is 1. The molecule has 0 saturated heterocycles. The largest absolute Gasteiger partial charge is 0.491 e. The van der Waals surface area contributed by atoms with Gasteiger partial charge < -0.3 is 45.1 Å². The van der Waals surface area contributed by atoms with Crippen molar-refractivity contribution < 1.29 is 61.9 Å². The number of aryl methyl sites for hydroxylation is 1. The molecule has 0 aliphatic heterocycles. The molecule has 1 amide bonds. The van der Waals surface area contributed by atoms with Crippen LogP contribution < -0.4 is 15.8 Å². The first-order valence-electron chi connectivity index (χ1n) is 18.1. The van der Waals surface area contributed by atoms with E-state index in [4.69, 9.17) is 19.9 Å². The number of nitrogens with zero attached hydrogens (tertiary/aromatic N) is 2. The first-order valence-corrected chi connectivity index (χ1v) is 18.1. The van der Waals surface area contributed by atoms with Gasteiger partial charge in [-0.15, -0.1) is 0 Å². The number of aliphatic carboxylic acids is 1. The summed E-state index contributed by atoms with van der Waals surface area (Å²) >= 11 is 0. The molecule has 55 heavy (non-hydrogen) atoms. The number of nitrogens with two attached hydrogens (primary N) is 1. The number of carbonyl (C=O) groups excluding carboxylic acids is 3. The fourth-order valence-corrected chi connectivity index (χ4v) is 5.93. The number of alkyl halides is 3. The van der Waals surface area contributed by atoms with E-state index in [-0.39, 0.29) is 56.7 Å². The molecule has 1 fully saturated rings. The number of carbonyl (C=O) groups is 4. The molecule has 0 radical (unpaired) electrons. The van der Waals surface area contributed by atoms with Gasteiger partial charge in [0.05, 0.1) is 42.3 Å². The van der Waals surface area contributed by atoms with Crippen molar-refractivity contribution in [3.05, 3.63) is 72.4 Å². The zero-order chi connectivity index (χ0) is 40.7. The Hall–Kier alpha value is -4.74. The number of allylic oxidation sites excluding steroid dienone is 2. The van der Waals surface area contributed by atoms with Gasteiger partial charge in [0.2, 0.25) is 5.91 Å². The molecule has 1 heterocycles. The molecule has 7 atom stereocenters. The number of hydrogen-bond acceptors (Lipinski definition) is 11. The van der Waals surface area contributed by atoms with Crippen molar-refractivity contribution in [2.75, 3.05) is 6.61 Å². The van der Waals surface area contributed by atoms with E-state index in [1.807, 2.05) is 12.2 Å². The topological polar surface area (TPSA) is 213 Å². The van der Waals surface area contributed by atoms with Crippen LogP contribution in [0.3, 0.4) is 0 Å². The van der Waals surface area contributed by atoms with Crippen LogP contribution in [0, 0.1) is 11.8 Å². The third-order valence-corrected chi connectivity index (χ3v) is 8.71. The summed E-state index contributed by atoms with van der Waals surface area (Å²) in [6.45, 7) is 4.77. The Morgan fingerprint density at radius 1 is 1.13 bits per heavy atom. The molecule has 0 spiro atoms. The second-order valence-corrected chi connectivity index (χ2v) is 13.7. The molecular formula is C38H51F3N4O10. The van der Waals surface area contributed by atoms with Gasteiger partial charge >= 0.3 is 24.1 Å². The number of aromatic nitrogens is 2. The Morgan fingerprint density at radius 3 is 2.55 bits per heavy atom. The fourth-order valence-electron chi connectivity index (χ4n) is 5.93. The van der Waals surface area contributed by atoms with Crippen molar-refractivity contribution >= 4 is 23.8 Å². The molecule has 14 nitrogen and oxygen atoms in total. The number of aliphatic hydroxyl groups is 2. The molecule has 1 aliphatic carbocycles. The molecule has 0 bridgehead atoms. The molecule has 3 rings (SSSR count). The molecule has 1 aromatic carbocycles. The number of ether oxygens (including phenoxy) is 3. The number of hydrogen-bond donors (Lipinski definition) is 5. The van der Waals surface area contributed by atoms with Crippen LogP contribution in [0.4, 0.5) is 13.2 Å². The minimum atomic E-state index is -4.55. The number of carboxylic acid groups (broad SMARTS) is 1. The van der Waals surface area contributed by atoms with Crippen LogP contribution in [0.25, 0.3) is 0 Å². The van der Waals surface area contributed by atoms with Gasteiger partial charge in [-0.3, -0.25) is 14.4 Å². The molecule has 2 unspecified atom stereocenters. The number of carboxylic acids is 1. The molecule has 1 aliphatic rings. The van der Waals surface area contributed by atoms with Gasteiger partial charge in [-0.2, -0.15) is 13.2 Å². The lowest BCUT2D eigenvalue weighted by atomic mass is 9.89. The van der Waals surface area contributed by atoms with Gasteiger partial charge in [0.1, 0.15) is 30.6 Å². The number of halogens is 3. The summed E-state index contributed by atoms with van der Waals surface area (Å²) in [5, 5.41) is 33.4. The number of aliphatic hydroxyl groups excluding tert-OH is 2. The summed E-state index contributed by atoms with van der Waals surface area (Å²) in [4.78, 5) is 52.6. The van der Waals surface area contributed by atoms with Crippen LogP contribution in [0.5, 0.6) is 5.75 Å². The summed E-state index contributed by atoms with van der Waals surface area (Å²) in [5.74, 6) is -3.78. The van der Waals surface area contributed by atoms with E-state index >= 15 is 0 Å². The SMILES string of the molecule is CC(C)OC(=O)CCC/C=C\C[C@@H]1[C@@H](/C=C/[C@@H](O)COc2cccc(C(F)(F)F)c2)[C@H](O)C[C@@H]1OC(=O)CCn1cnc(CC(NC(=O)C(C)N)C(=O)O)c1. The predicted octanol–water partition coefficient (Wildman–Crippen LogP) is 3.72. The van der Waals surface area contributed by atoms with Crippen LogP contribution in [0.1, 0.15) is 70.6 Å². The molecule has 6 N–H and O–H groups in total. The smallest absolute Gasteiger partial charge is 0.416 e. The molecule has 1 aromatic heterocycles. The zero-order valence-electron chi connectivity index (χ0n) is 31.1. The highest BCUT2D eigenvalue weighted by Crippen LogP contribution is 2.38. The van der Waals surface area contributed by atoms with Crippen molar-refractivity contribution in [1.82, 2.24) is 14.9 Å². The summed E-state index contributed by atoms with van der Waals surface area (Å²) in [5.41, 5.74) is 5.00. The molecule has 1 saturated carbocycles. The lowest BCUT2D eigenvalue weighted by molar-refractivity contribution is -0.151. The first-order chi connectivity index (χ1) is 25.9. The standard InChI is InChI=1S/C38H51F3N4O10/c1-23(2)54-34(48)12-7-5-4-6-11-30-29(14-13-27(46)21-53-28-10-8-9-25(17-28)38(39,40)41)32(47)19-33(30)55-35(49)15-16-45-20-26(43-22-45)18-31(37(51)52)44-36(50)24(3)42/h4,6,8-10,13-14,17,20,22-24,27,29-33,46-47H,5,7,11-12,15-16,18-19,21,42H2,1-3H3,(H,44,50)(H,51,52)/b6-4-,14-13+/t24?,27-,29-,30-,31?,32-,33+/m1/s1. The quantitative estimate of drug-likeness (QED) is 0.0697. The Balaban J connectivity index is 1.63. The van der Waals surface area contributed by atoms with Crippen LogP contribution in [-0.2, 0) is 47.8 Å². The maximum Gasteiger partial charge on any atom is 0.416 e. The average Bonchev–Trinajstić information content (AvgIpc) is 3.68. The maximum atomic E-state index is 13.1. The van der Waals surface area contributed by atoms with E-state index in [2.05, 4.69) is 10.3 Å². The van der Waals surface area contributed by atoms with Crippen molar-refractivity contribution in [3.63, 3.8) is 0 Å². The second kappa shape index (κ2) is 21.4. The minimum absolute atomic E-state index is 0.0716. The Kier molecular flexibility index (Phi) is 17.4. The number of unbranched alkanes of at least 4 members (excludes halogenated alkanes) is 1. The number of nitrogens with one attached hydrogen (secondary N) is 1. The Labute approximate surface area is 317 Å². The zero-order valence-corrected chi connectivity index (χ0v) is 31.1. The van der Waals surface area contributed by atoms with E-state index in [0.717, 1.165) is 12.1 Å². The van der Waals surface area contributed by atoms with Gasteiger partial charge in [0.15, 0.2) is 0 Å². The van der Waals surface area contributed by atoms with Crippen molar-refractivity contribution in [1.29, 1.82) is 0 Å². The van der Waals surface area contributed by atoms with Gasteiger partial charge in [-0.25, -0.2) is 9.78 Å². The summed E-state index contributed by atoms with van der Waals surface area (Å²) in [7, 11) is 0. The molecular weight excluding hydrogens is 729 g/mol. The Bertz CT molecular complexity index is 1630. The van der Waals surface area contributed by atoms with Crippen LogP contribution in [0.2, 0.25) is 0 Å². The third kappa shape index (κ3) is 15.5. The van der Waals surface area contributed by atoms with Crippen molar-refractivity contribution in [2.24, 2.45) is 17.6 Å². The van der Waals surface area contributed by atoms with Gasteiger partial charge in [0.25, 0.3) is 0 Å². The number of amides is 1. The van der Waals surface area contributed by atoms with Crippen LogP contribution in [0.15, 0.2) is 61.1 Å². The summed E-state index contributed by atoms with van der Waals surface area (Å²) < 4.78 is 57.2. The van der Waals surface area contributed by atoms with Gasteiger partial charge in [0, 0.05) is 43.8 Å². The normalized spacial score (nSPS) is 20.4. The second-order valence-electron chi connectivity index (χ2n) is 13.7. The average molecular weight is 781 g/mol. The van der Waals surface area contributed by atoms with E-state index in [9.17, 15) is 47.7 Å². The first kappa shape index (κ1) is 44.7. The van der Waals surface area contributed by atoms with Gasteiger partial charge in [-0.1, -0.05) is 30.4 Å². The highest BCUT2D eigenvalue weighted by Gasteiger charge is 2.42.